The fourth-order valence-corrected chi connectivity index (χ4v) is 5.25. The fourth-order valence-electron chi connectivity index (χ4n) is 3.95. The number of carbonyl (C=O) groups is 2. The third kappa shape index (κ3) is 4.35. The van der Waals surface area contributed by atoms with E-state index in [1.54, 1.807) is 6.92 Å². The van der Waals surface area contributed by atoms with E-state index in [0.717, 1.165) is 47.6 Å². The van der Waals surface area contributed by atoms with Crippen molar-refractivity contribution >= 4 is 39.0 Å². The number of benzene rings is 2. The second-order valence-corrected chi connectivity index (χ2v) is 8.50. The summed E-state index contributed by atoms with van der Waals surface area (Å²) in [7, 11) is 0. The third-order valence-corrected chi connectivity index (χ3v) is 6.54. The normalized spacial score (nSPS) is 13.6. The summed E-state index contributed by atoms with van der Waals surface area (Å²) in [5.74, 6) is -0.435. The average Bonchev–Trinajstić information content (AvgIpc) is 2.88. The van der Waals surface area contributed by atoms with Gasteiger partial charge in [0.25, 0.3) is 0 Å². The maximum Gasteiger partial charge on any atom is 0.341 e. The van der Waals surface area contributed by atoms with Gasteiger partial charge in [-0.15, -0.1) is 11.3 Å². The summed E-state index contributed by atoms with van der Waals surface area (Å²) in [6, 6.07) is 14.2. The summed E-state index contributed by atoms with van der Waals surface area (Å²) in [5.41, 5.74) is 2.60. The first-order valence-electron chi connectivity index (χ1n) is 10.2. The number of esters is 1. The molecule has 0 aliphatic heterocycles. The zero-order valence-electron chi connectivity index (χ0n) is 16.6. The molecule has 29 heavy (non-hydrogen) atoms. The number of hydrogen-bond acceptors (Lipinski definition) is 4. The van der Waals surface area contributed by atoms with Gasteiger partial charge in [0.05, 0.1) is 18.6 Å². The van der Waals surface area contributed by atoms with Gasteiger partial charge in [0.1, 0.15) is 5.00 Å². The summed E-state index contributed by atoms with van der Waals surface area (Å²) in [6.07, 6.45) is 5.48. The molecule has 0 saturated heterocycles. The van der Waals surface area contributed by atoms with E-state index in [9.17, 15) is 9.59 Å². The number of amides is 1. The van der Waals surface area contributed by atoms with Crippen LogP contribution in [0.25, 0.3) is 10.8 Å². The molecule has 1 aliphatic carbocycles. The van der Waals surface area contributed by atoms with Crippen molar-refractivity contribution in [2.75, 3.05) is 11.9 Å². The number of hydrogen-bond donors (Lipinski definition) is 1. The van der Waals surface area contributed by atoms with E-state index in [0.29, 0.717) is 17.2 Å². The smallest absolute Gasteiger partial charge is 0.341 e. The van der Waals surface area contributed by atoms with E-state index in [1.165, 1.54) is 22.6 Å². The van der Waals surface area contributed by atoms with E-state index in [-0.39, 0.29) is 18.3 Å². The number of aryl methyl sites for hydroxylation is 1. The standard InChI is InChI=1S/C24H25NO3S/c1-2-28-24(27)22-19-10-4-3-5-11-20(19)29-23(22)25-21(26)15-16-12-13-17-8-6-7-9-18(17)14-16/h6-9,12-14H,2-5,10-11,15H2,1H3,(H,25,26). The molecule has 5 heteroatoms. The molecule has 1 N–H and O–H groups in total. The molecule has 0 spiro atoms. The molecule has 1 aromatic heterocycles. The Labute approximate surface area is 174 Å². The van der Waals surface area contributed by atoms with Gasteiger partial charge in [-0.05, 0) is 54.5 Å². The lowest BCUT2D eigenvalue weighted by molar-refractivity contribution is -0.115. The Kier molecular flexibility index (Phi) is 5.95. The minimum Gasteiger partial charge on any atom is -0.462 e. The van der Waals surface area contributed by atoms with Crippen molar-refractivity contribution in [1.29, 1.82) is 0 Å². The van der Waals surface area contributed by atoms with Crippen LogP contribution in [-0.4, -0.2) is 18.5 Å². The Balaban J connectivity index is 1.57. The van der Waals surface area contributed by atoms with Crippen molar-refractivity contribution in [3.63, 3.8) is 0 Å². The molecular formula is C24H25NO3S. The molecule has 0 radical (unpaired) electrons. The Morgan fingerprint density at radius 1 is 1.03 bits per heavy atom. The first kappa shape index (κ1) is 19.6. The first-order chi connectivity index (χ1) is 14.2. The van der Waals surface area contributed by atoms with E-state index >= 15 is 0 Å². The number of fused-ring (bicyclic) bond motifs is 2. The molecule has 0 fully saturated rings. The topological polar surface area (TPSA) is 55.4 Å². The largest absolute Gasteiger partial charge is 0.462 e. The molecule has 0 saturated carbocycles. The zero-order chi connectivity index (χ0) is 20.2. The molecule has 4 rings (SSSR count). The van der Waals surface area contributed by atoms with Crippen molar-refractivity contribution in [2.24, 2.45) is 0 Å². The molecule has 3 aromatic rings. The van der Waals surface area contributed by atoms with Crippen LogP contribution < -0.4 is 5.32 Å². The number of thiophene rings is 1. The number of carbonyl (C=O) groups excluding carboxylic acids is 2. The molecule has 0 unspecified atom stereocenters. The van der Waals surface area contributed by atoms with Crippen molar-refractivity contribution < 1.29 is 14.3 Å². The highest BCUT2D eigenvalue weighted by atomic mass is 32.1. The summed E-state index contributed by atoms with van der Waals surface area (Å²) >= 11 is 1.54. The number of ether oxygens (including phenoxy) is 1. The van der Waals surface area contributed by atoms with Crippen molar-refractivity contribution in [3.05, 3.63) is 64.0 Å². The number of rotatable bonds is 5. The Hall–Kier alpha value is -2.66. The zero-order valence-corrected chi connectivity index (χ0v) is 17.4. The predicted octanol–water partition coefficient (Wildman–Crippen LogP) is 5.53. The summed E-state index contributed by atoms with van der Waals surface area (Å²) in [6.45, 7) is 2.13. The lowest BCUT2D eigenvalue weighted by Gasteiger charge is -2.09. The van der Waals surface area contributed by atoms with Crippen LogP contribution in [0, 0.1) is 0 Å². The highest BCUT2D eigenvalue weighted by Gasteiger charge is 2.26. The summed E-state index contributed by atoms with van der Waals surface area (Å²) in [4.78, 5) is 26.6. The SMILES string of the molecule is CCOC(=O)c1c(NC(=O)Cc2ccc3ccccc3c2)sc2c1CCCCC2. The second-order valence-electron chi connectivity index (χ2n) is 7.40. The third-order valence-electron chi connectivity index (χ3n) is 5.33. The van der Waals surface area contributed by atoms with Crippen LogP contribution in [0.15, 0.2) is 42.5 Å². The van der Waals surface area contributed by atoms with Crippen molar-refractivity contribution in [3.8, 4) is 0 Å². The van der Waals surface area contributed by atoms with Gasteiger partial charge < -0.3 is 10.1 Å². The molecule has 150 valence electrons. The van der Waals surface area contributed by atoms with Crippen LogP contribution in [0.4, 0.5) is 5.00 Å². The van der Waals surface area contributed by atoms with Gasteiger partial charge in [-0.25, -0.2) is 4.79 Å². The molecule has 1 amide bonds. The molecule has 0 atom stereocenters. The Bertz CT molecular complexity index is 1050. The van der Waals surface area contributed by atoms with E-state index in [2.05, 4.69) is 11.4 Å². The maximum atomic E-state index is 12.8. The van der Waals surface area contributed by atoms with Gasteiger partial charge in [-0.2, -0.15) is 0 Å². The second kappa shape index (κ2) is 8.78. The molecule has 0 bridgehead atoms. The van der Waals surface area contributed by atoms with Crippen LogP contribution in [0.1, 0.15) is 52.5 Å². The van der Waals surface area contributed by atoms with Gasteiger partial charge in [0.15, 0.2) is 0 Å². The Morgan fingerprint density at radius 3 is 2.66 bits per heavy atom. The van der Waals surface area contributed by atoms with Gasteiger partial charge >= 0.3 is 5.97 Å². The predicted molar refractivity (Wildman–Crippen MR) is 118 cm³/mol. The first-order valence-corrected chi connectivity index (χ1v) is 11.1. The Morgan fingerprint density at radius 2 is 1.83 bits per heavy atom. The summed E-state index contributed by atoms with van der Waals surface area (Å²) < 4.78 is 5.30. The van der Waals surface area contributed by atoms with Crippen molar-refractivity contribution in [2.45, 2.75) is 45.4 Å². The van der Waals surface area contributed by atoms with Gasteiger partial charge in [-0.1, -0.05) is 48.9 Å². The lowest BCUT2D eigenvalue weighted by atomic mass is 10.0. The molecule has 1 heterocycles. The molecular weight excluding hydrogens is 382 g/mol. The maximum absolute atomic E-state index is 12.8. The molecule has 2 aromatic carbocycles. The van der Waals surface area contributed by atoms with Crippen LogP contribution in [0.2, 0.25) is 0 Å². The minimum atomic E-state index is -0.326. The van der Waals surface area contributed by atoms with Crippen LogP contribution in [0.3, 0.4) is 0 Å². The monoisotopic (exact) mass is 407 g/mol. The average molecular weight is 408 g/mol. The van der Waals surface area contributed by atoms with Gasteiger partial charge in [-0.3, -0.25) is 4.79 Å². The van der Waals surface area contributed by atoms with E-state index < -0.39 is 0 Å². The summed E-state index contributed by atoms with van der Waals surface area (Å²) in [5, 5.41) is 5.92. The van der Waals surface area contributed by atoms with Crippen LogP contribution >= 0.6 is 11.3 Å². The molecule has 1 aliphatic rings. The fraction of sp³-hybridized carbons (Fsp3) is 0.333. The van der Waals surface area contributed by atoms with Gasteiger partial charge in [0.2, 0.25) is 5.91 Å². The minimum absolute atomic E-state index is 0.109. The lowest BCUT2D eigenvalue weighted by Crippen LogP contribution is -2.17. The number of anilines is 1. The number of nitrogens with one attached hydrogen (secondary N) is 1. The molecule has 4 nitrogen and oxygen atoms in total. The van der Waals surface area contributed by atoms with E-state index in [1.807, 2.05) is 36.4 Å². The highest BCUT2D eigenvalue weighted by molar-refractivity contribution is 7.17. The van der Waals surface area contributed by atoms with Crippen molar-refractivity contribution in [1.82, 2.24) is 0 Å². The van der Waals surface area contributed by atoms with Crippen LogP contribution in [-0.2, 0) is 28.8 Å². The van der Waals surface area contributed by atoms with Gasteiger partial charge in [0, 0.05) is 4.88 Å². The highest BCUT2D eigenvalue weighted by Crippen LogP contribution is 2.38. The van der Waals surface area contributed by atoms with Crippen LogP contribution in [0.5, 0.6) is 0 Å². The quantitative estimate of drug-likeness (QED) is 0.447. The van der Waals surface area contributed by atoms with E-state index in [4.69, 9.17) is 4.74 Å².